The third-order valence-corrected chi connectivity index (χ3v) is 4.32. The van der Waals surface area contributed by atoms with E-state index in [9.17, 15) is 14.7 Å². The highest BCUT2D eigenvalue weighted by molar-refractivity contribution is 9.10. The molecule has 24 heavy (non-hydrogen) atoms. The summed E-state index contributed by atoms with van der Waals surface area (Å²) in [5.41, 5.74) is 1.31. The number of carbonyl (C=O) groups is 2. The summed E-state index contributed by atoms with van der Waals surface area (Å²) in [7, 11) is 1.26. The van der Waals surface area contributed by atoms with E-state index in [4.69, 9.17) is 4.74 Å². The van der Waals surface area contributed by atoms with Crippen LogP contribution in [0.15, 0.2) is 59.1 Å². The Morgan fingerprint density at radius 1 is 1.12 bits per heavy atom. The van der Waals surface area contributed by atoms with Crippen LogP contribution in [0.25, 0.3) is 0 Å². The number of halogens is 1. The van der Waals surface area contributed by atoms with Gasteiger partial charge in [-0.25, -0.2) is 4.79 Å². The Balaban J connectivity index is 2.13. The number of aliphatic hydroxyl groups excluding tert-OH is 1. The number of rotatable bonds is 6. The number of methoxy groups -OCH3 is 1. The topological polar surface area (TPSA) is 75.6 Å². The summed E-state index contributed by atoms with van der Waals surface area (Å²) < 4.78 is 5.59. The van der Waals surface area contributed by atoms with Gasteiger partial charge in [-0.2, -0.15) is 0 Å². The molecule has 0 aliphatic rings. The van der Waals surface area contributed by atoms with Crippen molar-refractivity contribution in [3.05, 3.63) is 70.2 Å². The zero-order valence-corrected chi connectivity index (χ0v) is 14.7. The van der Waals surface area contributed by atoms with E-state index in [1.54, 1.807) is 30.3 Å². The highest BCUT2D eigenvalue weighted by Crippen LogP contribution is 2.19. The molecule has 2 rings (SSSR count). The Bertz CT molecular complexity index is 705. The smallest absolute Gasteiger partial charge is 0.328 e. The lowest BCUT2D eigenvalue weighted by Gasteiger charge is -2.19. The van der Waals surface area contributed by atoms with Crippen molar-refractivity contribution in [1.29, 1.82) is 0 Å². The quantitative estimate of drug-likeness (QED) is 0.741. The van der Waals surface area contributed by atoms with Crippen molar-refractivity contribution in [2.75, 3.05) is 7.11 Å². The third kappa shape index (κ3) is 4.66. The van der Waals surface area contributed by atoms with Gasteiger partial charge >= 0.3 is 5.97 Å². The monoisotopic (exact) mass is 391 g/mol. The number of carbonyl (C=O) groups excluding carboxylic acids is 2. The van der Waals surface area contributed by atoms with E-state index in [-0.39, 0.29) is 6.42 Å². The normalized spacial score (nSPS) is 13.0. The lowest BCUT2D eigenvalue weighted by atomic mass is 10.0. The van der Waals surface area contributed by atoms with E-state index >= 15 is 0 Å². The molecule has 0 saturated heterocycles. The Labute approximate surface area is 148 Å². The molecule has 126 valence electrons. The van der Waals surface area contributed by atoms with Crippen LogP contribution in [0.4, 0.5) is 0 Å². The number of nitrogens with one attached hydrogen (secondary N) is 1. The van der Waals surface area contributed by atoms with Crippen LogP contribution < -0.4 is 5.32 Å². The highest BCUT2D eigenvalue weighted by Gasteiger charge is 2.26. The predicted molar refractivity (Wildman–Crippen MR) is 93.2 cm³/mol. The van der Waals surface area contributed by atoms with Gasteiger partial charge in [-0.15, -0.1) is 0 Å². The van der Waals surface area contributed by atoms with Crippen molar-refractivity contribution in [2.45, 2.75) is 18.6 Å². The molecule has 6 heteroatoms. The second-order valence-electron chi connectivity index (χ2n) is 5.19. The molecule has 0 unspecified atom stereocenters. The largest absolute Gasteiger partial charge is 0.467 e. The standard InChI is InChI=1S/C18H18BrNO4/c1-24-18(23)15(11-13-9-5-6-10-14(13)19)20-17(22)16(21)12-7-3-2-4-8-12/h2-10,15-16,21H,11H2,1H3,(H,20,22)/t15-,16-/m0/s1. The minimum Gasteiger partial charge on any atom is -0.467 e. The molecule has 2 aromatic carbocycles. The number of aliphatic hydroxyl groups is 1. The molecule has 0 saturated carbocycles. The maximum atomic E-state index is 12.3. The number of hydrogen-bond acceptors (Lipinski definition) is 4. The zero-order chi connectivity index (χ0) is 17.5. The van der Waals surface area contributed by atoms with E-state index in [0.717, 1.165) is 10.0 Å². The number of amides is 1. The average molecular weight is 392 g/mol. The van der Waals surface area contributed by atoms with Gasteiger partial charge in [0.2, 0.25) is 0 Å². The summed E-state index contributed by atoms with van der Waals surface area (Å²) in [5, 5.41) is 12.7. The van der Waals surface area contributed by atoms with Crippen LogP contribution in [0.3, 0.4) is 0 Å². The van der Waals surface area contributed by atoms with E-state index < -0.39 is 24.0 Å². The second-order valence-corrected chi connectivity index (χ2v) is 6.05. The van der Waals surface area contributed by atoms with Gasteiger partial charge in [0.05, 0.1) is 7.11 Å². The summed E-state index contributed by atoms with van der Waals surface area (Å²) >= 11 is 3.41. The summed E-state index contributed by atoms with van der Waals surface area (Å²) in [6, 6.07) is 15.0. The van der Waals surface area contributed by atoms with Crippen LogP contribution in [0.5, 0.6) is 0 Å². The van der Waals surface area contributed by atoms with E-state index in [0.29, 0.717) is 5.56 Å². The van der Waals surface area contributed by atoms with Crippen LogP contribution in [-0.2, 0) is 20.7 Å². The SMILES string of the molecule is COC(=O)[C@H](Cc1ccccc1Br)NC(=O)[C@@H](O)c1ccccc1. The van der Waals surface area contributed by atoms with Gasteiger partial charge in [-0.1, -0.05) is 64.5 Å². The maximum absolute atomic E-state index is 12.3. The van der Waals surface area contributed by atoms with Crippen molar-refractivity contribution in [3.63, 3.8) is 0 Å². The Morgan fingerprint density at radius 3 is 2.38 bits per heavy atom. The molecule has 0 fully saturated rings. The van der Waals surface area contributed by atoms with Gasteiger partial charge in [0, 0.05) is 10.9 Å². The van der Waals surface area contributed by atoms with Crippen LogP contribution >= 0.6 is 15.9 Å². The van der Waals surface area contributed by atoms with Crippen LogP contribution in [-0.4, -0.2) is 30.1 Å². The van der Waals surface area contributed by atoms with E-state index in [2.05, 4.69) is 21.2 Å². The van der Waals surface area contributed by atoms with Crippen LogP contribution in [0.1, 0.15) is 17.2 Å². The van der Waals surface area contributed by atoms with E-state index in [1.165, 1.54) is 7.11 Å². The fourth-order valence-electron chi connectivity index (χ4n) is 2.26. The van der Waals surface area contributed by atoms with Gasteiger partial charge in [0.25, 0.3) is 5.91 Å². The first-order valence-electron chi connectivity index (χ1n) is 7.37. The van der Waals surface area contributed by atoms with Crippen molar-refractivity contribution in [1.82, 2.24) is 5.32 Å². The molecular formula is C18H18BrNO4. The van der Waals surface area contributed by atoms with Crippen molar-refractivity contribution in [3.8, 4) is 0 Å². The summed E-state index contributed by atoms with van der Waals surface area (Å²) in [4.78, 5) is 24.3. The average Bonchev–Trinajstić information content (AvgIpc) is 2.62. The summed E-state index contributed by atoms with van der Waals surface area (Å²) in [6.45, 7) is 0. The molecule has 0 bridgehead atoms. The molecule has 2 N–H and O–H groups in total. The molecular weight excluding hydrogens is 374 g/mol. The lowest BCUT2D eigenvalue weighted by molar-refractivity contribution is -0.146. The molecule has 0 radical (unpaired) electrons. The van der Waals surface area contributed by atoms with Crippen molar-refractivity contribution >= 4 is 27.8 Å². The highest BCUT2D eigenvalue weighted by atomic mass is 79.9. The van der Waals surface area contributed by atoms with Gasteiger partial charge in [0.1, 0.15) is 6.04 Å². The van der Waals surface area contributed by atoms with Crippen LogP contribution in [0, 0.1) is 0 Å². The second kappa shape index (κ2) is 8.61. The minimum atomic E-state index is -1.35. The number of esters is 1. The van der Waals surface area contributed by atoms with Crippen molar-refractivity contribution < 1.29 is 19.4 Å². The minimum absolute atomic E-state index is 0.251. The Hall–Kier alpha value is -2.18. The zero-order valence-electron chi connectivity index (χ0n) is 13.1. The van der Waals surface area contributed by atoms with Gasteiger partial charge < -0.3 is 15.2 Å². The molecule has 5 nitrogen and oxygen atoms in total. The first-order chi connectivity index (χ1) is 11.5. The van der Waals surface area contributed by atoms with Gasteiger partial charge in [-0.05, 0) is 17.2 Å². The predicted octanol–water partition coefficient (Wildman–Crippen LogP) is 2.38. The fourth-order valence-corrected chi connectivity index (χ4v) is 2.70. The Kier molecular flexibility index (Phi) is 6.52. The molecule has 2 aromatic rings. The first-order valence-corrected chi connectivity index (χ1v) is 8.17. The lowest BCUT2D eigenvalue weighted by Crippen LogP contribution is -2.45. The molecule has 0 heterocycles. The molecule has 0 aliphatic carbocycles. The van der Waals surface area contributed by atoms with E-state index in [1.807, 2.05) is 24.3 Å². The molecule has 0 aliphatic heterocycles. The first kappa shape index (κ1) is 18.2. The summed E-state index contributed by atoms with van der Waals surface area (Å²) in [5.74, 6) is -1.22. The van der Waals surface area contributed by atoms with Gasteiger partial charge in [0.15, 0.2) is 6.10 Å². The summed E-state index contributed by atoms with van der Waals surface area (Å²) in [6.07, 6.45) is -1.10. The molecule has 0 aromatic heterocycles. The molecule has 1 amide bonds. The molecule has 2 atom stereocenters. The third-order valence-electron chi connectivity index (χ3n) is 3.55. The van der Waals surface area contributed by atoms with Gasteiger partial charge in [-0.3, -0.25) is 4.79 Å². The number of ether oxygens (including phenoxy) is 1. The van der Waals surface area contributed by atoms with Crippen LogP contribution in [0.2, 0.25) is 0 Å². The maximum Gasteiger partial charge on any atom is 0.328 e. The van der Waals surface area contributed by atoms with Crippen molar-refractivity contribution in [2.24, 2.45) is 0 Å². The Morgan fingerprint density at radius 2 is 1.75 bits per heavy atom. The fraction of sp³-hybridized carbons (Fsp3) is 0.222. The number of benzene rings is 2. The molecule has 0 spiro atoms. The number of hydrogen-bond donors (Lipinski definition) is 2.